The largest absolute Gasteiger partial charge is 0.342 e. The molecule has 8 nitrogen and oxygen atoms in total. The van der Waals surface area contributed by atoms with Gasteiger partial charge in [-0.2, -0.15) is 10.1 Å². The zero-order chi connectivity index (χ0) is 21.4. The Kier molecular flexibility index (Phi) is 4.07. The second kappa shape index (κ2) is 6.91. The van der Waals surface area contributed by atoms with Crippen LogP contribution in [0, 0.1) is 24.7 Å². The van der Waals surface area contributed by atoms with Gasteiger partial charge in [0, 0.05) is 54.7 Å². The molecule has 2 saturated heterocycles. The standard InChI is InChI=1S/C23H27N7OS/c1-12-8-17-20(32-12)21(25-18-9-16(27-28-18)13-4-5-13)26-23(24-17)30-10-14-15(11-30)19(14)22(31)29-6-2-3-7-29/h8-9,13-15,19H,2-7,10-11H2,1H3,(H2,24,25,26,27,28)/t14-,15+,19+. The number of hydrogen-bond donors (Lipinski definition) is 2. The molecule has 0 aromatic carbocycles. The molecule has 32 heavy (non-hydrogen) atoms. The zero-order valence-electron chi connectivity index (χ0n) is 18.2. The van der Waals surface area contributed by atoms with Crippen molar-refractivity contribution < 1.29 is 4.79 Å². The number of aromatic nitrogens is 4. The van der Waals surface area contributed by atoms with Crippen LogP contribution in [0.15, 0.2) is 12.1 Å². The van der Waals surface area contributed by atoms with Crippen LogP contribution in [0.25, 0.3) is 10.2 Å². The Morgan fingerprint density at radius 2 is 1.94 bits per heavy atom. The normalized spacial score (nSPS) is 26.7. The number of nitrogens with zero attached hydrogens (tertiary/aromatic N) is 5. The topological polar surface area (TPSA) is 90.0 Å². The molecule has 3 atom stereocenters. The van der Waals surface area contributed by atoms with Crippen molar-refractivity contribution in [2.24, 2.45) is 17.8 Å². The molecular weight excluding hydrogens is 422 g/mol. The summed E-state index contributed by atoms with van der Waals surface area (Å²) in [5, 5.41) is 11.1. The number of H-pyrrole nitrogens is 1. The van der Waals surface area contributed by atoms with E-state index < -0.39 is 0 Å². The van der Waals surface area contributed by atoms with Crippen molar-refractivity contribution in [3.8, 4) is 0 Å². The van der Waals surface area contributed by atoms with Gasteiger partial charge in [0.25, 0.3) is 0 Å². The lowest BCUT2D eigenvalue weighted by Crippen LogP contribution is -2.34. The molecule has 9 heteroatoms. The molecule has 0 bridgehead atoms. The Hall–Kier alpha value is -2.68. The SMILES string of the molecule is Cc1cc2nc(N3C[C@@H]4[C@H](C3)[C@H]4C(=O)N3CCCC3)nc(Nc3cc(C4CC4)[nH]n3)c2s1. The summed E-state index contributed by atoms with van der Waals surface area (Å²) in [5.41, 5.74) is 2.18. The first kappa shape index (κ1) is 18.8. The summed E-state index contributed by atoms with van der Waals surface area (Å²) >= 11 is 1.71. The number of nitrogens with one attached hydrogen (secondary N) is 2. The second-order valence-electron chi connectivity index (χ2n) is 9.84. The van der Waals surface area contributed by atoms with Crippen LogP contribution in [-0.2, 0) is 4.79 Å². The van der Waals surface area contributed by atoms with Crippen LogP contribution in [0.1, 0.15) is 42.2 Å². The Bertz CT molecular complexity index is 1200. The van der Waals surface area contributed by atoms with Crippen molar-refractivity contribution in [1.82, 2.24) is 25.1 Å². The van der Waals surface area contributed by atoms with Crippen molar-refractivity contribution in [2.75, 3.05) is 36.4 Å². The molecule has 0 unspecified atom stereocenters. The molecule has 2 aliphatic carbocycles. The highest BCUT2D eigenvalue weighted by atomic mass is 32.1. The first-order valence-electron chi connectivity index (χ1n) is 11.8. The van der Waals surface area contributed by atoms with Crippen LogP contribution < -0.4 is 10.2 Å². The van der Waals surface area contributed by atoms with E-state index in [0.717, 1.165) is 66.8 Å². The molecule has 5 heterocycles. The number of piperidine rings is 1. The van der Waals surface area contributed by atoms with Gasteiger partial charge in [0.1, 0.15) is 0 Å². The molecule has 2 N–H and O–H groups in total. The van der Waals surface area contributed by atoms with E-state index >= 15 is 0 Å². The minimum atomic E-state index is 0.221. The quantitative estimate of drug-likeness (QED) is 0.618. The monoisotopic (exact) mass is 449 g/mol. The van der Waals surface area contributed by atoms with Gasteiger partial charge in [-0.1, -0.05) is 0 Å². The second-order valence-corrected chi connectivity index (χ2v) is 11.1. The van der Waals surface area contributed by atoms with Gasteiger partial charge in [0.05, 0.1) is 10.2 Å². The van der Waals surface area contributed by atoms with E-state index in [4.69, 9.17) is 9.97 Å². The number of aryl methyl sites for hydroxylation is 1. The predicted molar refractivity (Wildman–Crippen MR) is 124 cm³/mol. The van der Waals surface area contributed by atoms with Crippen LogP contribution in [0.3, 0.4) is 0 Å². The van der Waals surface area contributed by atoms with Crippen LogP contribution in [0.5, 0.6) is 0 Å². The number of likely N-dealkylation sites (tertiary alicyclic amines) is 1. The first-order chi connectivity index (χ1) is 15.6. The summed E-state index contributed by atoms with van der Waals surface area (Å²) in [6.45, 7) is 5.74. The lowest BCUT2D eigenvalue weighted by atomic mass is 10.2. The number of rotatable bonds is 5. The van der Waals surface area contributed by atoms with Crippen molar-refractivity contribution in [1.29, 1.82) is 0 Å². The minimum Gasteiger partial charge on any atom is -0.342 e. The summed E-state index contributed by atoms with van der Waals surface area (Å²) in [7, 11) is 0. The summed E-state index contributed by atoms with van der Waals surface area (Å²) in [4.78, 5) is 28.2. The molecule has 0 spiro atoms. The van der Waals surface area contributed by atoms with Gasteiger partial charge < -0.3 is 15.1 Å². The fourth-order valence-corrected chi connectivity index (χ4v) is 6.49. The maximum absolute atomic E-state index is 12.8. The van der Waals surface area contributed by atoms with Crippen LogP contribution >= 0.6 is 11.3 Å². The predicted octanol–water partition coefficient (Wildman–Crippen LogP) is 3.65. The third kappa shape index (κ3) is 3.09. The highest BCUT2D eigenvalue weighted by Gasteiger charge is 2.60. The lowest BCUT2D eigenvalue weighted by Gasteiger charge is -2.22. The molecular formula is C23H27N7OS. The number of thiophene rings is 1. The molecule has 4 aliphatic rings. The average molecular weight is 450 g/mol. The van der Waals surface area contributed by atoms with Gasteiger partial charge in [-0.3, -0.25) is 9.89 Å². The summed E-state index contributed by atoms with van der Waals surface area (Å²) in [6.07, 6.45) is 4.79. The van der Waals surface area contributed by atoms with E-state index in [1.165, 1.54) is 23.4 Å². The van der Waals surface area contributed by atoms with Gasteiger partial charge in [-0.25, -0.2) is 4.98 Å². The fraction of sp³-hybridized carbons (Fsp3) is 0.565. The van der Waals surface area contributed by atoms with E-state index in [0.29, 0.717) is 23.7 Å². The maximum Gasteiger partial charge on any atom is 0.227 e. The summed E-state index contributed by atoms with van der Waals surface area (Å²) in [5.74, 6) is 4.54. The number of hydrogen-bond acceptors (Lipinski definition) is 7. The Balaban J connectivity index is 1.13. The number of aromatic amines is 1. The Morgan fingerprint density at radius 3 is 2.69 bits per heavy atom. The van der Waals surface area contributed by atoms with Gasteiger partial charge >= 0.3 is 0 Å². The smallest absolute Gasteiger partial charge is 0.227 e. The molecule has 0 radical (unpaired) electrons. The van der Waals surface area contributed by atoms with E-state index in [1.54, 1.807) is 11.3 Å². The number of carbonyl (C=O) groups excluding carboxylic acids is 1. The summed E-state index contributed by atoms with van der Waals surface area (Å²) < 4.78 is 1.06. The minimum absolute atomic E-state index is 0.221. The number of carbonyl (C=O) groups is 1. The molecule has 3 aromatic rings. The number of anilines is 3. The maximum atomic E-state index is 12.8. The number of fused-ring (bicyclic) bond motifs is 2. The van der Waals surface area contributed by atoms with E-state index in [-0.39, 0.29) is 5.92 Å². The third-order valence-corrected chi connectivity index (χ3v) is 8.57. The first-order valence-corrected chi connectivity index (χ1v) is 12.6. The molecule has 166 valence electrons. The van der Waals surface area contributed by atoms with Crippen molar-refractivity contribution in [2.45, 2.75) is 38.5 Å². The Morgan fingerprint density at radius 1 is 1.16 bits per heavy atom. The summed E-state index contributed by atoms with van der Waals surface area (Å²) in [6, 6.07) is 4.23. The van der Waals surface area contributed by atoms with Crippen molar-refractivity contribution >= 4 is 45.0 Å². The van der Waals surface area contributed by atoms with Gasteiger partial charge in [-0.15, -0.1) is 11.3 Å². The van der Waals surface area contributed by atoms with E-state index in [2.05, 4.69) is 44.4 Å². The molecule has 4 fully saturated rings. The lowest BCUT2D eigenvalue weighted by molar-refractivity contribution is -0.132. The highest BCUT2D eigenvalue weighted by Crippen LogP contribution is 2.53. The van der Waals surface area contributed by atoms with E-state index in [1.807, 2.05) is 0 Å². The van der Waals surface area contributed by atoms with Crippen LogP contribution in [-0.4, -0.2) is 57.2 Å². The fourth-order valence-electron chi connectivity index (χ4n) is 5.59. The van der Waals surface area contributed by atoms with Crippen molar-refractivity contribution in [3.63, 3.8) is 0 Å². The third-order valence-electron chi connectivity index (χ3n) is 7.52. The molecule has 7 rings (SSSR count). The van der Waals surface area contributed by atoms with Crippen molar-refractivity contribution in [3.05, 3.63) is 22.7 Å². The highest BCUT2D eigenvalue weighted by molar-refractivity contribution is 7.19. The van der Waals surface area contributed by atoms with Gasteiger partial charge in [-0.05, 0) is 50.5 Å². The molecule has 2 saturated carbocycles. The molecule has 3 aromatic heterocycles. The Labute approximate surface area is 190 Å². The van der Waals surface area contributed by atoms with Gasteiger partial charge in [0.15, 0.2) is 11.6 Å². The van der Waals surface area contributed by atoms with Gasteiger partial charge in [0.2, 0.25) is 11.9 Å². The van der Waals surface area contributed by atoms with Crippen LogP contribution in [0.4, 0.5) is 17.6 Å². The number of amides is 1. The van der Waals surface area contributed by atoms with E-state index in [9.17, 15) is 4.79 Å². The zero-order valence-corrected chi connectivity index (χ0v) is 19.0. The molecule has 2 aliphatic heterocycles. The van der Waals surface area contributed by atoms with Crippen LogP contribution in [0.2, 0.25) is 0 Å². The molecule has 1 amide bonds. The average Bonchev–Trinajstić information content (AvgIpc) is 3.37.